The summed E-state index contributed by atoms with van der Waals surface area (Å²) in [6, 6.07) is 1.27. The molecule has 16 heavy (non-hydrogen) atoms. The van der Waals surface area contributed by atoms with E-state index in [4.69, 9.17) is 4.52 Å². The summed E-state index contributed by atoms with van der Waals surface area (Å²) in [6.07, 6.45) is 0.294. The lowest BCUT2D eigenvalue weighted by atomic mass is 10.3. The molecule has 1 saturated heterocycles. The summed E-state index contributed by atoms with van der Waals surface area (Å²) < 4.78 is 5.74. The van der Waals surface area contributed by atoms with Crippen molar-refractivity contribution in [3.8, 4) is 0 Å². The minimum atomic E-state index is -0.442. The van der Waals surface area contributed by atoms with Crippen LogP contribution in [0.4, 0.5) is 0 Å². The van der Waals surface area contributed by atoms with E-state index < -0.39 is 11.5 Å². The number of aliphatic hydroxyl groups is 1. The molecule has 1 aliphatic rings. The van der Waals surface area contributed by atoms with Crippen molar-refractivity contribution in [2.24, 2.45) is 0 Å². The first-order chi connectivity index (χ1) is 7.56. The molecule has 0 radical (unpaired) electrons. The van der Waals surface area contributed by atoms with Gasteiger partial charge in [-0.25, -0.2) is 0 Å². The van der Waals surface area contributed by atoms with Gasteiger partial charge in [0.05, 0.1) is 12.6 Å². The highest BCUT2D eigenvalue weighted by Gasteiger charge is 2.23. The van der Waals surface area contributed by atoms with Gasteiger partial charge in [-0.15, -0.1) is 4.74 Å². The van der Waals surface area contributed by atoms with E-state index in [-0.39, 0.29) is 12.6 Å². The van der Waals surface area contributed by atoms with Gasteiger partial charge in [0.25, 0.3) is 11.5 Å². The number of hydrogen-bond acceptors (Lipinski definition) is 5. The normalized spacial score (nSPS) is 21.5. The van der Waals surface area contributed by atoms with Gasteiger partial charge in [-0.1, -0.05) is 0 Å². The first-order valence-corrected chi connectivity index (χ1v) is 5.20. The molecule has 1 aliphatic heterocycles. The predicted octanol–water partition coefficient (Wildman–Crippen LogP) is -0.543. The number of likely N-dealkylation sites (tertiary alicyclic amines) is 1. The maximum absolute atomic E-state index is 11.7. The van der Waals surface area contributed by atoms with Crippen LogP contribution in [-0.2, 0) is 0 Å². The quantitative estimate of drug-likeness (QED) is 0.732. The van der Waals surface area contributed by atoms with Gasteiger partial charge in [0.15, 0.2) is 0 Å². The molecular formula is C10H14N2O4. The van der Waals surface area contributed by atoms with Crippen molar-refractivity contribution in [2.75, 3.05) is 19.6 Å². The molecule has 1 atom stereocenters. The van der Waals surface area contributed by atoms with E-state index in [1.54, 1.807) is 11.8 Å². The Bertz CT molecular complexity index is 448. The van der Waals surface area contributed by atoms with E-state index in [0.29, 0.717) is 25.3 Å². The first kappa shape index (κ1) is 11.1. The Labute approximate surface area is 92.0 Å². The van der Waals surface area contributed by atoms with Crippen molar-refractivity contribution in [2.45, 2.75) is 19.4 Å². The van der Waals surface area contributed by atoms with Crippen molar-refractivity contribution >= 4 is 5.91 Å². The molecule has 6 nitrogen and oxygen atoms in total. The molecule has 0 saturated carbocycles. The summed E-state index contributed by atoms with van der Waals surface area (Å²) in [5, 5.41) is 9.30. The fraction of sp³-hybridized carbons (Fsp3) is 0.600. The number of carbonyl (C=O) groups excluding carboxylic acids is 1. The average molecular weight is 226 g/mol. The summed E-state index contributed by atoms with van der Waals surface area (Å²) >= 11 is 0. The van der Waals surface area contributed by atoms with Crippen LogP contribution >= 0.6 is 0 Å². The van der Waals surface area contributed by atoms with Crippen LogP contribution in [0.3, 0.4) is 0 Å². The van der Waals surface area contributed by atoms with Crippen LogP contribution in [0.15, 0.2) is 15.4 Å². The Morgan fingerprint density at radius 3 is 2.94 bits per heavy atom. The Hall–Kier alpha value is -1.40. The van der Waals surface area contributed by atoms with E-state index in [1.165, 1.54) is 6.07 Å². The molecule has 1 aromatic heterocycles. The first-order valence-electron chi connectivity index (χ1n) is 5.20. The minimum Gasteiger partial charge on any atom is -0.392 e. The van der Waals surface area contributed by atoms with Crippen molar-refractivity contribution in [1.82, 2.24) is 9.64 Å². The molecule has 1 N–H and O–H groups in total. The highest BCUT2D eigenvalue weighted by Crippen LogP contribution is 2.08. The summed E-state index contributed by atoms with van der Waals surface area (Å²) in [4.78, 5) is 24.8. The monoisotopic (exact) mass is 226 g/mol. The third kappa shape index (κ3) is 2.23. The maximum atomic E-state index is 11.7. The van der Waals surface area contributed by atoms with Gasteiger partial charge in [0.2, 0.25) is 0 Å². The van der Waals surface area contributed by atoms with Crippen molar-refractivity contribution < 1.29 is 14.4 Å². The number of carbonyl (C=O) groups is 1. The van der Waals surface area contributed by atoms with Gasteiger partial charge in [0.1, 0.15) is 5.76 Å². The lowest BCUT2D eigenvalue weighted by Gasteiger charge is -2.12. The summed E-state index contributed by atoms with van der Waals surface area (Å²) in [6.45, 7) is 2.86. The smallest absolute Gasteiger partial charge is 0.290 e. The van der Waals surface area contributed by atoms with Crippen LogP contribution in [-0.4, -0.2) is 46.4 Å². The molecule has 0 bridgehead atoms. The Morgan fingerprint density at radius 1 is 1.69 bits per heavy atom. The zero-order valence-corrected chi connectivity index (χ0v) is 9.05. The van der Waals surface area contributed by atoms with Gasteiger partial charge in [-0.2, -0.15) is 0 Å². The van der Waals surface area contributed by atoms with Crippen molar-refractivity contribution in [3.63, 3.8) is 0 Å². The molecule has 2 rings (SSSR count). The second-order valence-electron chi connectivity index (χ2n) is 4.05. The molecule has 1 fully saturated rings. The van der Waals surface area contributed by atoms with Crippen LogP contribution in [0.2, 0.25) is 0 Å². The van der Waals surface area contributed by atoms with Crippen LogP contribution in [0.5, 0.6) is 0 Å². The van der Waals surface area contributed by atoms with E-state index in [0.717, 1.165) is 4.74 Å². The van der Waals surface area contributed by atoms with Crippen molar-refractivity contribution in [3.05, 3.63) is 22.2 Å². The van der Waals surface area contributed by atoms with Gasteiger partial charge >= 0.3 is 0 Å². The molecule has 1 aromatic rings. The van der Waals surface area contributed by atoms with Crippen LogP contribution in [0.1, 0.15) is 17.0 Å². The Morgan fingerprint density at radius 2 is 2.44 bits per heavy atom. The average Bonchev–Trinajstić information content (AvgIpc) is 2.73. The van der Waals surface area contributed by atoms with Gasteiger partial charge in [-0.05, 0) is 13.3 Å². The molecule has 2 heterocycles. The number of aromatic nitrogens is 1. The minimum absolute atomic E-state index is 0.101. The Balaban J connectivity index is 2.03. The largest absolute Gasteiger partial charge is 0.392 e. The molecule has 6 heteroatoms. The zero-order valence-electron chi connectivity index (χ0n) is 9.05. The third-order valence-electron chi connectivity index (χ3n) is 2.60. The van der Waals surface area contributed by atoms with E-state index in [1.807, 2.05) is 0 Å². The van der Waals surface area contributed by atoms with Crippen LogP contribution in [0.25, 0.3) is 0 Å². The van der Waals surface area contributed by atoms with Crippen molar-refractivity contribution in [1.29, 1.82) is 0 Å². The molecule has 0 aromatic carbocycles. The number of nitrogens with zero attached hydrogens (tertiary/aromatic N) is 2. The lowest BCUT2D eigenvalue weighted by Crippen LogP contribution is -2.34. The topological polar surface area (TPSA) is 75.7 Å². The van der Waals surface area contributed by atoms with E-state index >= 15 is 0 Å². The van der Waals surface area contributed by atoms with E-state index in [2.05, 4.69) is 0 Å². The second kappa shape index (κ2) is 4.23. The van der Waals surface area contributed by atoms with Gasteiger partial charge in [0, 0.05) is 19.2 Å². The molecule has 0 aliphatic carbocycles. The number of aryl methyl sites for hydroxylation is 1. The number of β-amino-alcohol motifs (C(OH)–C–C–N with tert-alkyl or cyclic N) is 1. The summed E-state index contributed by atoms with van der Waals surface area (Å²) in [5.41, 5.74) is -0.442. The molecule has 88 valence electrons. The SMILES string of the molecule is Cc1cc(=O)n(C(=O)CN2CC[C@@H](O)C2)o1. The molecule has 0 spiro atoms. The molecule has 0 unspecified atom stereocenters. The summed E-state index contributed by atoms with van der Waals surface area (Å²) in [5.74, 6) is 0.0204. The predicted molar refractivity (Wildman–Crippen MR) is 55.4 cm³/mol. The number of hydrogen-bond donors (Lipinski definition) is 1. The summed E-state index contributed by atoms with van der Waals surface area (Å²) in [7, 11) is 0. The van der Waals surface area contributed by atoms with Gasteiger partial charge in [-0.3, -0.25) is 14.5 Å². The van der Waals surface area contributed by atoms with Crippen LogP contribution < -0.4 is 5.56 Å². The Kier molecular flexibility index (Phi) is 2.93. The van der Waals surface area contributed by atoms with Gasteiger partial charge < -0.3 is 9.63 Å². The lowest BCUT2D eigenvalue weighted by molar-refractivity contribution is 0.0720. The standard InChI is InChI=1S/C10H14N2O4/c1-7-4-9(14)12(16-7)10(15)6-11-3-2-8(13)5-11/h4,8,13H,2-3,5-6H2,1H3/t8-/m1/s1. The third-order valence-corrected chi connectivity index (χ3v) is 2.60. The fourth-order valence-corrected chi connectivity index (χ4v) is 1.83. The second-order valence-corrected chi connectivity index (χ2v) is 4.05. The zero-order chi connectivity index (χ0) is 11.7. The highest BCUT2D eigenvalue weighted by molar-refractivity contribution is 5.79. The number of rotatable bonds is 2. The number of aliphatic hydroxyl groups excluding tert-OH is 1. The maximum Gasteiger partial charge on any atom is 0.290 e. The van der Waals surface area contributed by atoms with E-state index in [9.17, 15) is 14.7 Å². The molecule has 0 amide bonds. The van der Waals surface area contributed by atoms with Crippen LogP contribution in [0, 0.1) is 6.92 Å². The fourth-order valence-electron chi connectivity index (χ4n) is 1.83. The molecular weight excluding hydrogens is 212 g/mol. The highest BCUT2D eigenvalue weighted by atomic mass is 16.5.